The number of amides is 1. The van der Waals surface area contributed by atoms with Gasteiger partial charge in [0.1, 0.15) is 5.03 Å². The van der Waals surface area contributed by atoms with Crippen LogP contribution in [-0.4, -0.2) is 16.9 Å². The van der Waals surface area contributed by atoms with Crippen LogP contribution in [0.4, 0.5) is 0 Å². The molecule has 2 fully saturated rings. The Kier molecular flexibility index (Phi) is 4.08. The molecule has 1 aromatic heterocycles. The third kappa shape index (κ3) is 3.75. The normalized spacial score (nSPS) is 17.3. The highest BCUT2D eigenvalue weighted by atomic mass is 32.2. The van der Waals surface area contributed by atoms with Gasteiger partial charge in [0.15, 0.2) is 0 Å². The first kappa shape index (κ1) is 14.8. The van der Waals surface area contributed by atoms with E-state index in [2.05, 4.69) is 10.3 Å². The van der Waals surface area contributed by atoms with Crippen LogP contribution in [0.3, 0.4) is 0 Å². The number of hydrogen-bond donors (Lipinski definition) is 1. The number of benzene rings is 1. The molecule has 1 heterocycles. The van der Waals surface area contributed by atoms with Crippen LogP contribution < -0.4 is 5.32 Å². The molecule has 0 atom stereocenters. The second-order valence-corrected chi connectivity index (χ2v) is 7.56. The fraction of sp³-hybridized carbons (Fsp3) is 0.368. The summed E-state index contributed by atoms with van der Waals surface area (Å²) in [6, 6.07) is 14.1. The molecule has 3 nitrogen and oxygen atoms in total. The van der Waals surface area contributed by atoms with Gasteiger partial charge in [-0.1, -0.05) is 17.8 Å². The molecular weight excluding hydrogens is 304 g/mol. The molecule has 0 radical (unpaired) electrons. The van der Waals surface area contributed by atoms with Crippen molar-refractivity contribution < 1.29 is 4.79 Å². The van der Waals surface area contributed by atoms with Crippen LogP contribution in [0.5, 0.6) is 0 Å². The van der Waals surface area contributed by atoms with Crippen molar-refractivity contribution in [2.24, 2.45) is 11.8 Å². The van der Waals surface area contributed by atoms with E-state index < -0.39 is 0 Å². The summed E-state index contributed by atoms with van der Waals surface area (Å²) in [7, 11) is 0. The molecular formula is C19H20N2OS. The standard InChI is InChI=1S/C19H20N2OS/c22-19(21-18(13-4-5-13)14-6-7-14)15-8-10-16(11-9-15)23-17-3-1-2-12-20-17/h1-3,8-14,18H,4-7H2,(H,21,22). The van der Waals surface area contributed by atoms with E-state index in [0.717, 1.165) is 27.3 Å². The average Bonchev–Trinajstić information content (AvgIpc) is 3.48. The molecule has 4 heteroatoms. The van der Waals surface area contributed by atoms with Crippen LogP contribution in [-0.2, 0) is 0 Å². The lowest BCUT2D eigenvalue weighted by molar-refractivity contribution is 0.0926. The Morgan fingerprint density at radius 2 is 1.74 bits per heavy atom. The number of carbonyl (C=O) groups excluding carboxylic acids is 1. The van der Waals surface area contributed by atoms with E-state index in [9.17, 15) is 4.79 Å². The van der Waals surface area contributed by atoms with E-state index >= 15 is 0 Å². The molecule has 1 aromatic carbocycles. The predicted octanol–water partition coefficient (Wildman–Crippen LogP) is 4.15. The molecule has 4 rings (SSSR count). The summed E-state index contributed by atoms with van der Waals surface area (Å²) in [5.74, 6) is 1.53. The van der Waals surface area contributed by atoms with Crippen LogP contribution in [0.2, 0.25) is 0 Å². The van der Waals surface area contributed by atoms with Gasteiger partial charge in [-0.3, -0.25) is 4.79 Å². The zero-order valence-electron chi connectivity index (χ0n) is 12.9. The zero-order valence-corrected chi connectivity index (χ0v) is 13.8. The van der Waals surface area contributed by atoms with Crippen molar-refractivity contribution >= 4 is 17.7 Å². The van der Waals surface area contributed by atoms with Gasteiger partial charge in [0.2, 0.25) is 0 Å². The Balaban J connectivity index is 1.40. The highest BCUT2D eigenvalue weighted by Gasteiger charge is 2.42. The monoisotopic (exact) mass is 324 g/mol. The number of nitrogens with one attached hydrogen (secondary N) is 1. The van der Waals surface area contributed by atoms with Gasteiger partial charge in [-0.05, 0) is 73.9 Å². The summed E-state index contributed by atoms with van der Waals surface area (Å²) in [6.07, 6.45) is 6.91. The first-order valence-corrected chi connectivity index (χ1v) is 9.11. The van der Waals surface area contributed by atoms with Crippen molar-refractivity contribution in [3.05, 3.63) is 54.2 Å². The summed E-state index contributed by atoms with van der Waals surface area (Å²) < 4.78 is 0. The van der Waals surface area contributed by atoms with Crippen molar-refractivity contribution in [1.82, 2.24) is 10.3 Å². The molecule has 2 aromatic rings. The zero-order chi connectivity index (χ0) is 15.6. The highest BCUT2D eigenvalue weighted by molar-refractivity contribution is 7.99. The third-order valence-corrected chi connectivity index (χ3v) is 5.49. The molecule has 0 bridgehead atoms. The Labute approximate surface area is 140 Å². The molecule has 2 aliphatic carbocycles. The van der Waals surface area contributed by atoms with E-state index in [1.165, 1.54) is 25.7 Å². The maximum Gasteiger partial charge on any atom is 0.251 e. The second kappa shape index (κ2) is 6.36. The molecule has 0 unspecified atom stereocenters. The smallest absolute Gasteiger partial charge is 0.251 e. The van der Waals surface area contributed by atoms with E-state index in [4.69, 9.17) is 0 Å². The minimum absolute atomic E-state index is 0.0724. The quantitative estimate of drug-likeness (QED) is 0.868. The summed E-state index contributed by atoms with van der Waals surface area (Å²) >= 11 is 1.61. The number of pyridine rings is 1. The average molecular weight is 324 g/mol. The van der Waals surface area contributed by atoms with Gasteiger partial charge in [-0.15, -0.1) is 0 Å². The molecule has 118 valence electrons. The molecule has 23 heavy (non-hydrogen) atoms. The number of nitrogens with zero attached hydrogens (tertiary/aromatic N) is 1. The Hall–Kier alpha value is -1.81. The Morgan fingerprint density at radius 1 is 1.04 bits per heavy atom. The maximum absolute atomic E-state index is 12.5. The van der Waals surface area contributed by atoms with E-state index in [1.807, 2.05) is 42.5 Å². The molecule has 2 saturated carbocycles. The summed E-state index contributed by atoms with van der Waals surface area (Å²) in [5, 5.41) is 4.23. The number of hydrogen-bond acceptors (Lipinski definition) is 3. The maximum atomic E-state index is 12.5. The van der Waals surface area contributed by atoms with Gasteiger partial charge in [0.05, 0.1) is 0 Å². The van der Waals surface area contributed by atoms with Gasteiger partial charge in [0.25, 0.3) is 5.91 Å². The van der Waals surface area contributed by atoms with Crippen molar-refractivity contribution in [2.45, 2.75) is 41.6 Å². The van der Waals surface area contributed by atoms with Crippen LogP contribution in [0.1, 0.15) is 36.0 Å². The molecule has 1 amide bonds. The van der Waals surface area contributed by atoms with Crippen LogP contribution in [0, 0.1) is 11.8 Å². The molecule has 1 N–H and O–H groups in total. The van der Waals surface area contributed by atoms with Crippen molar-refractivity contribution in [3.8, 4) is 0 Å². The summed E-state index contributed by atoms with van der Waals surface area (Å²) in [4.78, 5) is 17.9. The van der Waals surface area contributed by atoms with Crippen molar-refractivity contribution in [2.75, 3.05) is 0 Å². The first-order valence-electron chi connectivity index (χ1n) is 8.29. The third-order valence-electron chi connectivity index (χ3n) is 4.53. The van der Waals surface area contributed by atoms with Gasteiger partial charge in [0, 0.05) is 22.7 Å². The lowest BCUT2D eigenvalue weighted by Crippen LogP contribution is -2.38. The van der Waals surface area contributed by atoms with E-state index in [0.29, 0.717) is 6.04 Å². The van der Waals surface area contributed by atoms with Crippen LogP contribution in [0.25, 0.3) is 0 Å². The van der Waals surface area contributed by atoms with Crippen molar-refractivity contribution in [3.63, 3.8) is 0 Å². The topological polar surface area (TPSA) is 42.0 Å². The second-order valence-electron chi connectivity index (χ2n) is 6.47. The lowest BCUT2D eigenvalue weighted by atomic mass is 10.1. The van der Waals surface area contributed by atoms with E-state index in [-0.39, 0.29) is 5.91 Å². The van der Waals surface area contributed by atoms with Crippen LogP contribution in [0.15, 0.2) is 58.6 Å². The largest absolute Gasteiger partial charge is 0.349 e. The minimum Gasteiger partial charge on any atom is -0.349 e. The lowest BCUT2D eigenvalue weighted by Gasteiger charge is -2.17. The predicted molar refractivity (Wildman–Crippen MR) is 91.5 cm³/mol. The Morgan fingerprint density at radius 3 is 2.30 bits per heavy atom. The minimum atomic E-state index is 0.0724. The molecule has 0 spiro atoms. The number of carbonyl (C=O) groups is 1. The van der Waals surface area contributed by atoms with Crippen molar-refractivity contribution in [1.29, 1.82) is 0 Å². The fourth-order valence-corrected chi connectivity index (χ4v) is 3.74. The molecule has 0 saturated heterocycles. The van der Waals surface area contributed by atoms with E-state index in [1.54, 1.807) is 18.0 Å². The summed E-state index contributed by atoms with van der Waals surface area (Å²) in [6.45, 7) is 0. The summed E-state index contributed by atoms with van der Waals surface area (Å²) in [5.41, 5.74) is 0.752. The van der Waals surface area contributed by atoms with Crippen LogP contribution >= 0.6 is 11.8 Å². The fourth-order valence-electron chi connectivity index (χ4n) is 2.97. The number of rotatable bonds is 6. The van der Waals surface area contributed by atoms with Gasteiger partial charge in [-0.25, -0.2) is 4.98 Å². The Bertz CT molecular complexity index is 666. The number of aromatic nitrogens is 1. The first-order chi connectivity index (χ1) is 11.3. The van der Waals surface area contributed by atoms with Gasteiger partial charge in [-0.2, -0.15) is 0 Å². The van der Waals surface area contributed by atoms with Gasteiger partial charge < -0.3 is 5.32 Å². The van der Waals surface area contributed by atoms with Gasteiger partial charge >= 0.3 is 0 Å². The molecule has 0 aliphatic heterocycles. The SMILES string of the molecule is O=C(NC(C1CC1)C1CC1)c1ccc(Sc2ccccn2)cc1. The highest BCUT2D eigenvalue weighted by Crippen LogP contribution is 2.44. The molecule has 2 aliphatic rings.